The van der Waals surface area contributed by atoms with E-state index in [9.17, 15) is 19.5 Å². The third-order valence-corrected chi connectivity index (χ3v) is 3.73. The van der Waals surface area contributed by atoms with Crippen molar-refractivity contribution in [1.82, 2.24) is 4.90 Å². The minimum atomic E-state index is -1.30. The zero-order valence-corrected chi connectivity index (χ0v) is 12.0. The van der Waals surface area contributed by atoms with E-state index in [1.165, 1.54) is 0 Å². The lowest BCUT2D eigenvalue weighted by atomic mass is 10.2. The fraction of sp³-hybridized carbons (Fsp3) is 0.214. The predicted molar refractivity (Wildman–Crippen MR) is 75.3 cm³/mol. The van der Waals surface area contributed by atoms with Crippen molar-refractivity contribution >= 4 is 35.0 Å². The summed E-state index contributed by atoms with van der Waals surface area (Å²) in [5, 5.41) is 9.94. The number of carboxylic acids is 1. The zero-order chi connectivity index (χ0) is 15.4. The van der Waals surface area contributed by atoms with Crippen LogP contribution in [0.2, 0.25) is 0 Å². The number of carbonyl (C=O) groups excluding carboxylic acids is 3. The quantitative estimate of drug-likeness (QED) is 0.750. The van der Waals surface area contributed by atoms with Gasteiger partial charge in [-0.05, 0) is 35.5 Å². The Morgan fingerprint density at radius 3 is 2.57 bits per heavy atom. The predicted octanol–water partition coefficient (Wildman–Crippen LogP) is 0.871. The van der Waals surface area contributed by atoms with Crippen molar-refractivity contribution in [3.63, 3.8) is 0 Å². The van der Waals surface area contributed by atoms with Crippen LogP contribution in [0.5, 0.6) is 5.75 Å². The van der Waals surface area contributed by atoms with Gasteiger partial charge in [0.1, 0.15) is 5.75 Å². The summed E-state index contributed by atoms with van der Waals surface area (Å²) in [5.41, 5.74) is 0.751. The first-order valence-corrected chi connectivity index (χ1v) is 6.92. The van der Waals surface area contributed by atoms with Crippen LogP contribution in [0.3, 0.4) is 0 Å². The van der Waals surface area contributed by atoms with Crippen LogP contribution in [-0.4, -0.2) is 35.7 Å². The van der Waals surface area contributed by atoms with Crippen molar-refractivity contribution in [2.24, 2.45) is 0 Å². The van der Waals surface area contributed by atoms with Gasteiger partial charge in [-0.15, -0.1) is 0 Å². The highest BCUT2D eigenvalue weighted by atomic mass is 32.2. The molecule has 1 saturated heterocycles. The van der Waals surface area contributed by atoms with Crippen LogP contribution in [0, 0.1) is 0 Å². The molecule has 6 nitrogen and oxygen atoms in total. The largest absolute Gasteiger partial charge is 0.550 e. The lowest BCUT2D eigenvalue weighted by Crippen LogP contribution is -2.33. The summed E-state index contributed by atoms with van der Waals surface area (Å²) < 4.78 is 5.03. The van der Waals surface area contributed by atoms with Crippen molar-refractivity contribution in [1.29, 1.82) is 0 Å². The van der Waals surface area contributed by atoms with E-state index in [0.29, 0.717) is 5.75 Å². The number of carboxylic acid groups (broad SMARTS) is 1. The van der Waals surface area contributed by atoms with Gasteiger partial charge in [-0.25, -0.2) is 0 Å². The molecule has 0 aliphatic carbocycles. The smallest absolute Gasteiger partial charge is 0.293 e. The summed E-state index contributed by atoms with van der Waals surface area (Å²) >= 11 is 0.792. The summed E-state index contributed by atoms with van der Waals surface area (Å²) in [7, 11) is 1.55. The SMILES string of the molecule is COc1ccc(/C=C2\SC(=O)N(CCC(=O)[O-])C2=O)cc1. The van der Waals surface area contributed by atoms with E-state index in [2.05, 4.69) is 0 Å². The molecule has 2 amide bonds. The molecule has 21 heavy (non-hydrogen) atoms. The molecule has 0 spiro atoms. The highest BCUT2D eigenvalue weighted by Gasteiger charge is 2.34. The topological polar surface area (TPSA) is 86.7 Å². The average Bonchev–Trinajstić information content (AvgIpc) is 2.72. The van der Waals surface area contributed by atoms with Gasteiger partial charge in [-0.2, -0.15) is 0 Å². The first kappa shape index (κ1) is 15.1. The fourth-order valence-corrected chi connectivity index (χ4v) is 2.61. The van der Waals surface area contributed by atoms with E-state index >= 15 is 0 Å². The average molecular weight is 306 g/mol. The number of hydrogen-bond donors (Lipinski definition) is 0. The third kappa shape index (κ3) is 3.63. The van der Waals surface area contributed by atoms with Crippen LogP contribution in [-0.2, 0) is 9.59 Å². The minimum Gasteiger partial charge on any atom is -0.550 e. The number of hydrogen-bond acceptors (Lipinski definition) is 6. The number of thioether (sulfide) groups is 1. The number of nitrogens with zero attached hydrogens (tertiary/aromatic N) is 1. The Kier molecular flexibility index (Phi) is 4.64. The Labute approximate surface area is 125 Å². The maximum absolute atomic E-state index is 12.0. The van der Waals surface area contributed by atoms with Gasteiger partial charge in [0, 0.05) is 18.9 Å². The summed E-state index contributed by atoms with van der Waals surface area (Å²) in [6.07, 6.45) is 1.22. The molecule has 1 aliphatic heterocycles. The second kappa shape index (κ2) is 6.45. The first-order chi connectivity index (χ1) is 10.0. The number of benzene rings is 1. The molecule has 1 fully saturated rings. The van der Waals surface area contributed by atoms with Crippen molar-refractivity contribution in [3.05, 3.63) is 34.7 Å². The Balaban J connectivity index is 2.13. The molecule has 0 aromatic heterocycles. The highest BCUT2D eigenvalue weighted by Crippen LogP contribution is 2.32. The van der Waals surface area contributed by atoms with Crippen LogP contribution >= 0.6 is 11.8 Å². The molecule has 0 N–H and O–H groups in total. The monoisotopic (exact) mass is 306 g/mol. The van der Waals surface area contributed by atoms with Gasteiger partial charge in [0.2, 0.25) is 0 Å². The maximum Gasteiger partial charge on any atom is 0.293 e. The molecule has 110 valence electrons. The van der Waals surface area contributed by atoms with E-state index in [0.717, 1.165) is 22.2 Å². The fourth-order valence-electron chi connectivity index (χ4n) is 1.75. The number of rotatable bonds is 5. The zero-order valence-electron chi connectivity index (χ0n) is 11.2. The standard InChI is InChI=1S/C14H13NO5S/c1-20-10-4-2-9(3-5-10)8-11-13(18)15(14(19)21-11)7-6-12(16)17/h2-5,8H,6-7H2,1H3,(H,16,17)/p-1/b11-8-. The molecule has 1 aliphatic rings. The van der Waals surface area contributed by atoms with Crippen LogP contribution in [0.15, 0.2) is 29.2 Å². The second-order valence-corrected chi connectivity index (χ2v) is 5.22. The van der Waals surface area contributed by atoms with E-state index < -0.39 is 17.1 Å². The Morgan fingerprint density at radius 2 is 2.00 bits per heavy atom. The molecule has 1 heterocycles. The van der Waals surface area contributed by atoms with Crippen molar-refractivity contribution in [2.75, 3.05) is 13.7 Å². The van der Waals surface area contributed by atoms with Gasteiger partial charge in [-0.1, -0.05) is 12.1 Å². The molecular formula is C14H12NO5S-. The van der Waals surface area contributed by atoms with Gasteiger partial charge in [-0.3, -0.25) is 14.5 Å². The molecule has 0 bridgehead atoms. The molecular weight excluding hydrogens is 294 g/mol. The second-order valence-electron chi connectivity index (χ2n) is 4.23. The Bertz CT molecular complexity index is 608. The van der Waals surface area contributed by atoms with Gasteiger partial charge in [0.15, 0.2) is 0 Å². The van der Waals surface area contributed by atoms with Gasteiger partial charge >= 0.3 is 0 Å². The molecule has 2 rings (SSSR count). The van der Waals surface area contributed by atoms with Crippen molar-refractivity contribution < 1.29 is 24.2 Å². The van der Waals surface area contributed by atoms with Crippen molar-refractivity contribution in [2.45, 2.75) is 6.42 Å². The Hall–Kier alpha value is -2.28. The van der Waals surface area contributed by atoms with Crippen LogP contribution in [0.4, 0.5) is 4.79 Å². The highest BCUT2D eigenvalue weighted by molar-refractivity contribution is 8.18. The third-order valence-electron chi connectivity index (χ3n) is 2.83. The molecule has 0 radical (unpaired) electrons. The summed E-state index contributed by atoms with van der Waals surface area (Å²) in [5.74, 6) is -1.09. The molecule has 0 unspecified atom stereocenters. The van der Waals surface area contributed by atoms with Gasteiger partial charge < -0.3 is 14.6 Å². The number of ether oxygens (including phenoxy) is 1. The summed E-state index contributed by atoms with van der Waals surface area (Å²) in [6, 6.07) is 7.00. The number of methoxy groups -OCH3 is 1. The minimum absolute atomic E-state index is 0.174. The number of amides is 2. The van der Waals surface area contributed by atoms with Gasteiger partial charge in [0.05, 0.1) is 12.0 Å². The van der Waals surface area contributed by atoms with E-state index in [4.69, 9.17) is 4.74 Å². The normalized spacial score (nSPS) is 16.6. The number of imide groups is 1. The molecule has 0 saturated carbocycles. The molecule has 7 heteroatoms. The van der Waals surface area contributed by atoms with Crippen LogP contribution in [0.1, 0.15) is 12.0 Å². The summed E-state index contributed by atoms with van der Waals surface area (Å²) in [4.78, 5) is 35.3. The van der Waals surface area contributed by atoms with Crippen LogP contribution < -0.4 is 9.84 Å². The van der Waals surface area contributed by atoms with Gasteiger partial charge in [0.25, 0.3) is 11.1 Å². The summed E-state index contributed by atoms with van der Waals surface area (Å²) in [6.45, 7) is -0.174. The molecule has 0 atom stereocenters. The van der Waals surface area contributed by atoms with E-state index in [1.807, 2.05) is 0 Å². The lowest BCUT2D eigenvalue weighted by Gasteiger charge is -2.12. The lowest BCUT2D eigenvalue weighted by molar-refractivity contribution is -0.305. The maximum atomic E-state index is 12.0. The Morgan fingerprint density at radius 1 is 1.33 bits per heavy atom. The van der Waals surface area contributed by atoms with Crippen molar-refractivity contribution in [3.8, 4) is 5.75 Å². The molecule has 1 aromatic rings. The number of aliphatic carboxylic acids is 1. The van der Waals surface area contributed by atoms with Crippen LogP contribution in [0.25, 0.3) is 6.08 Å². The number of carbonyl (C=O) groups is 3. The van der Waals surface area contributed by atoms with E-state index in [-0.39, 0.29) is 17.9 Å². The molecule has 1 aromatic carbocycles. The first-order valence-electron chi connectivity index (χ1n) is 6.10. The van der Waals surface area contributed by atoms with E-state index in [1.54, 1.807) is 37.5 Å².